The molecule has 0 radical (unpaired) electrons. The van der Waals surface area contributed by atoms with Gasteiger partial charge in [-0.05, 0) is 46.2 Å². The van der Waals surface area contributed by atoms with Crippen molar-refractivity contribution in [3.05, 3.63) is 0 Å². The van der Waals surface area contributed by atoms with Gasteiger partial charge in [0.25, 0.3) is 0 Å². The highest BCUT2D eigenvalue weighted by atomic mass is 79.9. The maximum absolute atomic E-state index is 5.32. The summed E-state index contributed by atoms with van der Waals surface area (Å²) >= 11 is 3.41. The second-order valence-corrected chi connectivity index (χ2v) is 4.65. The third kappa shape index (κ3) is 8.72. The van der Waals surface area contributed by atoms with Crippen LogP contribution in [0.5, 0.6) is 0 Å². The number of hydrogen-bond acceptors (Lipinski definition) is 2. The lowest BCUT2D eigenvalue weighted by Crippen LogP contribution is -2.29. The third-order valence-corrected chi connectivity index (χ3v) is 2.75. The molecule has 0 atom stereocenters. The van der Waals surface area contributed by atoms with Gasteiger partial charge in [0.05, 0.1) is 5.60 Å². The zero-order valence-corrected chi connectivity index (χ0v) is 10.6. The van der Waals surface area contributed by atoms with Crippen LogP contribution in [0.3, 0.4) is 0 Å². The lowest BCUT2D eigenvalue weighted by atomic mass is 10.1. The van der Waals surface area contributed by atoms with E-state index >= 15 is 0 Å². The van der Waals surface area contributed by atoms with Gasteiger partial charge in [-0.15, -0.1) is 0 Å². The van der Waals surface area contributed by atoms with E-state index in [1.807, 2.05) is 0 Å². The van der Waals surface area contributed by atoms with Crippen LogP contribution in [0, 0.1) is 0 Å². The van der Waals surface area contributed by atoms with E-state index in [9.17, 15) is 0 Å². The molecule has 0 spiro atoms. The van der Waals surface area contributed by atoms with E-state index in [1.165, 1.54) is 12.8 Å². The largest absolute Gasteiger partial charge is 0.379 e. The average Bonchev–Trinajstić information content (AvgIpc) is 2.11. The Morgan fingerprint density at radius 3 is 2.46 bits per heavy atom. The van der Waals surface area contributed by atoms with Crippen molar-refractivity contribution in [2.45, 2.75) is 38.7 Å². The van der Waals surface area contributed by atoms with Gasteiger partial charge in [0, 0.05) is 12.4 Å². The van der Waals surface area contributed by atoms with Crippen LogP contribution >= 0.6 is 15.9 Å². The van der Waals surface area contributed by atoms with E-state index in [1.54, 1.807) is 7.11 Å². The van der Waals surface area contributed by atoms with Gasteiger partial charge in [-0.1, -0.05) is 15.9 Å². The Kier molecular flexibility index (Phi) is 8.01. The molecule has 0 aliphatic rings. The number of methoxy groups -OCH3 is 1. The minimum Gasteiger partial charge on any atom is -0.379 e. The summed E-state index contributed by atoms with van der Waals surface area (Å²) in [6, 6.07) is 0. The van der Waals surface area contributed by atoms with Gasteiger partial charge >= 0.3 is 0 Å². The molecular formula is C10H22BrNO. The van der Waals surface area contributed by atoms with Gasteiger partial charge < -0.3 is 10.1 Å². The maximum atomic E-state index is 5.32. The molecule has 1 N–H and O–H groups in total. The van der Waals surface area contributed by atoms with Gasteiger partial charge in [0.15, 0.2) is 0 Å². The first-order valence-corrected chi connectivity index (χ1v) is 6.06. The summed E-state index contributed by atoms with van der Waals surface area (Å²) in [7, 11) is 1.77. The zero-order valence-electron chi connectivity index (χ0n) is 9.03. The molecule has 0 aromatic heterocycles. The molecule has 0 aromatic rings. The van der Waals surface area contributed by atoms with Crippen LogP contribution in [-0.4, -0.2) is 31.1 Å². The number of unbranched alkanes of at least 4 members (excludes halogenated alkanes) is 1. The van der Waals surface area contributed by atoms with Crippen molar-refractivity contribution >= 4 is 15.9 Å². The van der Waals surface area contributed by atoms with Crippen molar-refractivity contribution in [1.29, 1.82) is 0 Å². The normalized spacial score (nSPS) is 12.0. The summed E-state index contributed by atoms with van der Waals surface area (Å²) in [5, 5.41) is 4.52. The zero-order chi connectivity index (χ0) is 10.2. The maximum Gasteiger partial charge on any atom is 0.0634 e. The number of hydrogen-bond donors (Lipinski definition) is 1. The molecule has 0 bridgehead atoms. The smallest absolute Gasteiger partial charge is 0.0634 e. The molecule has 0 fully saturated rings. The highest BCUT2D eigenvalue weighted by molar-refractivity contribution is 9.09. The first kappa shape index (κ1) is 13.4. The van der Waals surface area contributed by atoms with E-state index in [4.69, 9.17) is 4.74 Å². The lowest BCUT2D eigenvalue weighted by Gasteiger charge is -2.22. The van der Waals surface area contributed by atoms with Gasteiger partial charge in [-0.2, -0.15) is 0 Å². The molecule has 0 aliphatic heterocycles. The fourth-order valence-corrected chi connectivity index (χ4v) is 1.36. The fraction of sp³-hybridized carbons (Fsp3) is 1.00. The summed E-state index contributed by atoms with van der Waals surface area (Å²) in [6.45, 7) is 6.40. The summed E-state index contributed by atoms with van der Waals surface area (Å²) in [5.74, 6) is 0. The van der Waals surface area contributed by atoms with Crippen LogP contribution in [-0.2, 0) is 4.74 Å². The van der Waals surface area contributed by atoms with Crippen LogP contribution in [0.1, 0.15) is 33.1 Å². The monoisotopic (exact) mass is 251 g/mol. The van der Waals surface area contributed by atoms with E-state index in [-0.39, 0.29) is 5.60 Å². The minimum atomic E-state index is 0.0163. The molecule has 0 aromatic carbocycles. The molecule has 0 saturated carbocycles. The molecule has 0 rings (SSSR count). The number of ether oxygens (including phenoxy) is 1. The van der Waals surface area contributed by atoms with Gasteiger partial charge in [0.2, 0.25) is 0 Å². The van der Waals surface area contributed by atoms with E-state index < -0.39 is 0 Å². The molecule has 0 unspecified atom stereocenters. The van der Waals surface area contributed by atoms with Crippen molar-refractivity contribution < 1.29 is 4.74 Å². The summed E-state index contributed by atoms with van der Waals surface area (Å²) < 4.78 is 5.32. The fourth-order valence-electron chi connectivity index (χ4n) is 0.961. The first-order chi connectivity index (χ1) is 6.12. The Hall–Kier alpha value is 0.400. The Morgan fingerprint density at radius 2 is 1.92 bits per heavy atom. The molecule has 3 heteroatoms. The third-order valence-electron chi connectivity index (χ3n) is 2.19. The Morgan fingerprint density at radius 1 is 1.23 bits per heavy atom. The number of nitrogens with one attached hydrogen (secondary N) is 1. The van der Waals surface area contributed by atoms with Crippen LogP contribution in [0.25, 0.3) is 0 Å². The van der Waals surface area contributed by atoms with Crippen LogP contribution in [0.15, 0.2) is 0 Å². The Balaban J connectivity index is 3.16. The van der Waals surface area contributed by atoms with Crippen LogP contribution in [0.2, 0.25) is 0 Å². The van der Waals surface area contributed by atoms with Gasteiger partial charge in [0.1, 0.15) is 0 Å². The summed E-state index contributed by atoms with van der Waals surface area (Å²) in [6.07, 6.45) is 3.57. The predicted molar refractivity (Wildman–Crippen MR) is 61.6 cm³/mol. The summed E-state index contributed by atoms with van der Waals surface area (Å²) in [5.41, 5.74) is 0.0163. The lowest BCUT2D eigenvalue weighted by molar-refractivity contribution is 0.0159. The van der Waals surface area contributed by atoms with Crippen molar-refractivity contribution in [2.75, 3.05) is 25.5 Å². The molecule has 0 heterocycles. The molecule has 13 heavy (non-hydrogen) atoms. The number of halogens is 1. The molecule has 0 aliphatic carbocycles. The second-order valence-electron chi connectivity index (χ2n) is 3.86. The van der Waals surface area contributed by atoms with E-state index in [0.29, 0.717) is 0 Å². The highest BCUT2D eigenvalue weighted by Crippen LogP contribution is 2.11. The first-order valence-electron chi connectivity index (χ1n) is 4.94. The van der Waals surface area contributed by atoms with Crippen molar-refractivity contribution in [3.8, 4) is 0 Å². The standard InChI is InChI=1S/C10H22BrNO/c1-10(2,13-3)6-9-12-8-5-4-7-11/h12H,4-9H2,1-3H3. The van der Waals surface area contributed by atoms with E-state index in [0.717, 1.165) is 24.8 Å². The van der Waals surface area contributed by atoms with Crippen molar-refractivity contribution in [2.24, 2.45) is 0 Å². The van der Waals surface area contributed by atoms with Crippen molar-refractivity contribution in [1.82, 2.24) is 5.32 Å². The van der Waals surface area contributed by atoms with Crippen molar-refractivity contribution in [3.63, 3.8) is 0 Å². The number of alkyl halides is 1. The quantitative estimate of drug-likeness (QED) is 0.529. The SMILES string of the molecule is COC(C)(C)CCNCCCCBr. The summed E-state index contributed by atoms with van der Waals surface area (Å²) in [4.78, 5) is 0. The molecule has 2 nitrogen and oxygen atoms in total. The molecule has 80 valence electrons. The minimum absolute atomic E-state index is 0.0163. The Bertz CT molecular complexity index is 117. The topological polar surface area (TPSA) is 21.3 Å². The molecule has 0 amide bonds. The number of rotatable bonds is 8. The van der Waals surface area contributed by atoms with E-state index in [2.05, 4.69) is 35.1 Å². The second kappa shape index (κ2) is 7.77. The highest BCUT2D eigenvalue weighted by Gasteiger charge is 2.14. The molecular weight excluding hydrogens is 230 g/mol. The van der Waals surface area contributed by atoms with Crippen LogP contribution < -0.4 is 5.32 Å². The molecule has 0 saturated heterocycles. The van der Waals surface area contributed by atoms with Gasteiger partial charge in [-0.25, -0.2) is 0 Å². The van der Waals surface area contributed by atoms with Crippen LogP contribution in [0.4, 0.5) is 0 Å². The predicted octanol–water partition coefficient (Wildman–Crippen LogP) is 2.57. The average molecular weight is 252 g/mol. The Labute approximate surface area is 90.6 Å². The van der Waals surface area contributed by atoms with Gasteiger partial charge in [-0.3, -0.25) is 0 Å².